The SMILES string of the molecule is CCS(=O)(=O)CCCN1CCCCC1CC(C)=O. The normalized spacial score (nSPS) is 22.0. The monoisotopic (exact) mass is 275 g/mol. The van der Waals surface area contributed by atoms with Gasteiger partial charge in [0.2, 0.25) is 0 Å². The number of nitrogens with zero attached hydrogens (tertiary/aromatic N) is 1. The Labute approximate surface area is 111 Å². The summed E-state index contributed by atoms with van der Waals surface area (Å²) in [6, 6.07) is 0.334. The maximum Gasteiger partial charge on any atom is 0.150 e. The first-order chi connectivity index (χ1) is 8.44. The average Bonchev–Trinajstić information content (AvgIpc) is 2.30. The van der Waals surface area contributed by atoms with Crippen molar-refractivity contribution in [1.82, 2.24) is 4.90 Å². The minimum Gasteiger partial charge on any atom is -0.300 e. The fourth-order valence-electron chi connectivity index (χ4n) is 2.55. The van der Waals surface area contributed by atoms with Crippen molar-refractivity contribution in [1.29, 1.82) is 0 Å². The molecule has 1 atom stereocenters. The van der Waals surface area contributed by atoms with Crippen LogP contribution in [0.5, 0.6) is 0 Å². The lowest BCUT2D eigenvalue weighted by Crippen LogP contribution is -2.41. The third-order valence-electron chi connectivity index (χ3n) is 3.61. The van der Waals surface area contributed by atoms with Gasteiger partial charge in [0, 0.05) is 18.2 Å². The number of carbonyl (C=O) groups excluding carboxylic acids is 1. The molecule has 106 valence electrons. The van der Waals surface area contributed by atoms with Crippen molar-refractivity contribution >= 4 is 15.6 Å². The molecule has 0 bridgehead atoms. The van der Waals surface area contributed by atoms with E-state index < -0.39 is 9.84 Å². The number of hydrogen-bond donors (Lipinski definition) is 0. The van der Waals surface area contributed by atoms with Gasteiger partial charge in [0.25, 0.3) is 0 Å². The Bertz CT molecular complexity index is 364. The van der Waals surface area contributed by atoms with Gasteiger partial charge in [-0.2, -0.15) is 0 Å². The maximum absolute atomic E-state index is 11.4. The molecular weight excluding hydrogens is 250 g/mol. The standard InChI is InChI=1S/C13H25NO3S/c1-3-18(16,17)10-6-9-14-8-5-4-7-13(14)11-12(2)15/h13H,3-11H2,1-2H3. The van der Waals surface area contributed by atoms with Crippen LogP contribution in [0.1, 0.15) is 46.0 Å². The Balaban J connectivity index is 2.40. The highest BCUT2D eigenvalue weighted by molar-refractivity contribution is 7.91. The Morgan fingerprint density at radius 1 is 1.33 bits per heavy atom. The Hall–Kier alpha value is -0.420. The average molecular weight is 275 g/mol. The highest BCUT2D eigenvalue weighted by Gasteiger charge is 2.23. The lowest BCUT2D eigenvalue weighted by molar-refractivity contribution is -0.118. The molecule has 0 amide bonds. The summed E-state index contributed by atoms with van der Waals surface area (Å²) < 4.78 is 22.9. The Kier molecular flexibility index (Phi) is 6.29. The highest BCUT2D eigenvalue weighted by Crippen LogP contribution is 2.20. The van der Waals surface area contributed by atoms with E-state index in [1.807, 2.05) is 0 Å². The van der Waals surface area contributed by atoms with Crippen LogP contribution in [0.15, 0.2) is 0 Å². The molecule has 1 aliphatic heterocycles. The molecular formula is C13H25NO3S. The molecule has 0 N–H and O–H groups in total. The van der Waals surface area contributed by atoms with Crippen molar-refractivity contribution in [2.45, 2.75) is 52.0 Å². The lowest BCUT2D eigenvalue weighted by Gasteiger charge is -2.35. The van der Waals surface area contributed by atoms with Crippen molar-refractivity contribution in [2.75, 3.05) is 24.6 Å². The molecule has 0 spiro atoms. The van der Waals surface area contributed by atoms with Crippen LogP contribution in [-0.2, 0) is 14.6 Å². The van der Waals surface area contributed by atoms with E-state index in [0.29, 0.717) is 18.9 Å². The first-order valence-electron chi connectivity index (χ1n) is 6.88. The summed E-state index contributed by atoms with van der Waals surface area (Å²) in [5.74, 6) is 0.726. The van der Waals surface area contributed by atoms with Gasteiger partial charge in [-0.1, -0.05) is 13.3 Å². The van der Waals surface area contributed by atoms with Crippen LogP contribution in [0.2, 0.25) is 0 Å². The number of likely N-dealkylation sites (tertiary alicyclic amines) is 1. The Morgan fingerprint density at radius 2 is 2.06 bits per heavy atom. The first kappa shape index (κ1) is 15.6. The van der Waals surface area contributed by atoms with Crippen LogP contribution in [0.3, 0.4) is 0 Å². The summed E-state index contributed by atoms with van der Waals surface area (Å²) in [5, 5.41) is 0. The van der Waals surface area contributed by atoms with Gasteiger partial charge in [0.15, 0.2) is 0 Å². The van der Waals surface area contributed by atoms with Crippen molar-refractivity contribution in [3.05, 3.63) is 0 Å². The van der Waals surface area contributed by atoms with Crippen molar-refractivity contribution in [3.63, 3.8) is 0 Å². The van der Waals surface area contributed by atoms with E-state index in [1.165, 1.54) is 6.42 Å². The number of piperidine rings is 1. The summed E-state index contributed by atoms with van der Waals surface area (Å²) in [6.45, 7) is 5.13. The van der Waals surface area contributed by atoms with Crippen LogP contribution in [0, 0.1) is 0 Å². The molecule has 1 fully saturated rings. The summed E-state index contributed by atoms with van der Waals surface area (Å²) in [5.41, 5.74) is 0. The minimum absolute atomic E-state index is 0.226. The molecule has 1 heterocycles. The third-order valence-corrected chi connectivity index (χ3v) is 5.40. The van der Waals surface area contributed by atoms with Gasteiger partial charge in [-0.25, -0.2) is 8.42 Å². The molecule has 0 aliphatic carbocycles. The van der Waals surface area contributed by atoms with E-state index in [4.69, 9.17) is 0 Å². The summed E-state index contributed by atoms with van der Waals surface area (Å²) in [4.78, 5) is 13.5. The van der Waals surface area contributed by atoms with Crippen molar-refractivity contribution in [3.8, 4) is 0 Å². The summed E-state index contributed by atoms with van der Waals surface area (Å²) >= 11 is 0. The second-order valence-corrected chi connectivity index (χ2v) is 7.65. The summed E-state index contributed by atoms with van der Waals surface area (Å²) in [7, 11) is -2.85. The molecule has 0 saturated carbocycles. The van der Waals surface area contributed by atoms with E-state index in [2.05, 4.69) is 4.90 Å². The number of Topliss-reactive ketones (excluding diaryl/α,β-unsaturated/α-hetero) is 1. The number of rotatable bonds is 7. The molecule has 1 saturated heterocycles. The molecule has 0 aromatic rings. The molecule has 0 radical (unpaired) electrons. The predicted molar refractivity (Wildman–Crippen MR) is 73.5 cm³/mol. The fraction of sp³-hybridized carbons (Fsp3) is 0.923. The van der Waals surface area contributed by atoms with Crippen LogP contribution in [0.25, 0.3) is 0 Å². The quantitative estimate of drug-likeness (QED) is 0.709. The second-order valence-electron chi connectivity index (χ2n) is 5.18. The number of hydrogen-bond acceptors (Lipinski definition) is 4. The number of sulfone groups is 1. The van der Waals surface area contributed by atoms with Gasteiger partial charge in [0.1, 0.15) is 15.6 Å². The molecule has 1 rings (SSSR count). The van der Waals surface area contributed by atoms with Gasteiger partial charge in [-0.3, -0.25) is 9.69 Å². The van der Waals surface area contributed by atoms with Gasteiger partial charge < -0.3 is 0 Å². The van der Waals surface area contributed by atoms with E-state index >= 15 is 0 Å². The van der Waals surface area contributed by atoms with Crippen LogP contribution >= 0.6 is 0 Å². The highest BCUT2D eigenvalue weighted by atomic mass is 32.2. The van der Waals surface area contributed by atoms with Crippen molar-refractivity contribution in [2.24, 2.45) is 0 Å². The lowest BCUT2D eigenvalue weighted by atomic mass is 9.98. The van der Waals surface area contributed by atoms with E-state index in [-0.39, 0.29) is 17.3 Å². The van der Waals surface area contributed by atoms with Gasteiger partial charge in [-0.05, 0) is 39.3 Å². The minimum atomic E-state index is -2.85. The van der Waals surface area contributed by atoms with E-state index in [1.54, 1.807) is 13.8 Å². The van der Waals surface area contributed by atoms with Crippen LogP contribution in [-0.4, -0.2) is 49.7 Å². The van der Waals surface area contributed by atoms with Gasteiger partial charge in [-0.15, -0.1) is 0 Å². The molecule has 4 nitrogen and oxygen atoms in total. The third kappa shape index (κ3) is 5.48. The summed E-state index contributed by atoms with van der Waals surface area (Å²) in [6.07, 6.45) is 4.71. The smallest absolute Gasteiger partial charge is 0.150 e. The number of ketones is 1. The Morgan fingerprint density at radius 3 is 2.67 bits per heavy atom. The van der Waals surface area contributed by atoms with E-state index in [0.717, 1.165) is 25.9 Å². The number of carbonyl (C=O) groups is 1. The predicted octanol–water partition coefficient (Wildman–Crippen LogP) is 1.64. The largest absolute Gasteiger partial charge is 0.300 e. The van der Waals surface area contributed by atoms with Gasteiger partial charge in [0.05, 0.1) is 5.75 Å². The first-order valence-corrected chi connectivity index (χ1v) is 8.70. The molecule has 1 aliphatic rings. The second kappa shape index (κ2) is 7.24. The molecule has 5 heteroatoms. The molecule has 18 heavy (non-hydrogen) atoms. The zero-order valence-corrected chi connectivity index (χ0v) is 12.3. The van der Waals surface area contributed by atoms with Crippen molar-refractivity contribution < 1.29 is 13.2 Å². The maximum atomic E-state index is 11.4. The van der Waals surface area contributed by atoms with Crippen LogP contribution in [0.4, 0.5) is 0 Å². The van der Waals surface area contributed by atoms with E-state index in [9.17, 15) is 13.2 Å². The zero-order valence-electron chi connectivity index (χ0n) is 11.5. The zero-order chi connectivity index (χ0) is 13.6. The molecule has 0 aromatic carbocycles. The van der Waals surface area contributed by atoms with Crippen LogP contribution < -0.4 is 0 Å². The fourth-order valence-corrected chi connectivity index (χ4v) is 3.41. The molecule has 1 unspecified atom stereocenters. The molecule has 0 aromatic heterocycles. The van der Waals surface area contributed by atoms with Gasteiger partial charge >= 0.3 is 0 Å². The topological polar surface area (TPSA) is 54.5 Å².